The summed E-state index contributed by atoms with van der Waals surface area (Å²) >= 11 is 1.33. The van der Waals surface area contributed by atoms with E-state index in [1.54, 1.807) is 18.6 Å². The zero-order valence-electron chi connectivity index (χ0n) is 8.49. The lowest BCUT2D eigenvalue weighted by Gasteiger charge is -2.06. The van der Waals surface area contributed by atoms with Crippen LogP contribution in [0.2, 0.25) is 0 Å². The maximum Gasteiger partial charge on any atom is 0.413 e. The Morgan fingerprint density at radius 2 is 2.12 bits per heavy atom. The molecule has 0 saturated carbocycles. The molecule has 0 unspecified atom stereocenters. The molecule has 0 atom stereocenters. The lowest BCUT2D eigenvalue weighted by molar-refractivity contribution is 0.203. The van der Waals surface area contributed by atoms with Crippen molar-refractivity contribution in [1.29, 1.82) is 0 Å². The number of aromatic nitrogens is 2. The van der Waals surface area contributed by atoms with E-state index in [4.69, 9.17) is 5.11 Å². The predicted octanol–water partition coefficient (Wildman–Crippen LogP) is 2.32. The Labute approximate surface area is 96.0 Å². The number of hydrogen-bond donors (Lipinski definition) is 1. The summed E-state index contributed by atoms with van der Waals surface area (Å²) in [6, 6.07) is 3.72. The molecule has 2 heterocycles. The van der Waals surface area contributed by atoms with Crippen molar-refractivity contribution in [2.75, 3.05) is 11.9 Å². The Bertz CT molecular complexity index is 498. The summed E-state index contributed by atoms with van der Waals surface area (Å²) in [5.41, 5.74) is 0.984. The molecule has 1 N–H and O–H groups in total. The Morgan fingerprint density at radius 1 is 1.44 bits per heavy atom. The summed E-state index contributed by atoms with van der Waals surface area (Å²) in [6.07, 6.45) is 4.02. The van der Waals surface area contributed by atoms with Crippen molar-refractivity contribution in [1.82, 2.24) is 9.97 Å². The number of rotatable bonds is 2. The van der Waals surface area contributed by atoms with E-state index < -0.39 is 6.09 Å². The molecule has 0 bridgehead atoms. The summed E-state index contributed by atoms with van der Waals surface area (Å²) < 4.78 is 0. The number of carboxylic acid groups (broad SMARTS) is 1. The zero-order chi connectivity index (χ0) is 11.5. The Hall–Kier alpha value is -1.95. The molecule has 0 spiro atoms. The van der Waals surface area contributed by atoms with Crippen LogP contribution in [0, 0.1) is 0 Å². The maximum absolute atomic E-state index is 10.7. The average Bonchev–Trinajstić information content (AvgIpc) is 2.78. The first-order valence-electron chi connectivity index (χ1n) is 4.51. The third kappa shape index (κ3) is 2.01. The van der Waals surface area contributed by atoms with Gasteiger partial charge in [0.15, 0.2) is 5.13 Å². The third-order valence-electron chi connectivity index (χ3n) is 2.03. The second-order valence-corrected chi connectivity index (χ2v) is 4.09. The van der Waals surface area contributed by atoms with Gasteiger partial charge in [-0.25, -0.2) is 9.78 Å². The van der Waals surface area contributed by atoms with Crippen LogP contribution in [0.3, 0.4) is 0 Å². The summed E-state index contributed by atoms with van der Waals surface area (Å²) in [4.78, 5) is 20.7. The monoisotopic (exact) mass is 235 g/mol. The molecule has 2 aromatic heterocycles. The Balaban J connectivity index is 2.30. The largest absolute Gasteiger partial charge is 0.465 e. The van der Waals surface area contributed by atoms with E-state index in [1.807, 2.05) is 12.1 Å². The number of nitrogens with zero attached hydrogens (tertiary/aromatic N) is 3. The van der Waals surface area contributed by atoms with Gasteiger partial charge in [0, 0.05) is 25.6 Å². The van der Waals surface area contributed by atoms with Crippen LogP contribution >= 0.6 is 11.3 Å². The summed E-state index contributed by atoms with van der Waals surface area (Å²) in [5, 5.41) is 9.26. The Morgan fingerprint density at radius 3 is 2.75 bits per heavy atom. The smallest absolute Gasteiger partial charge is 0.413 e. The number of thiazole rings is 1. The minimum Gasteiger partial charge on any atom is -0.465 e. The van der Waals surface area contributed by atoms with Gasteiger partial charge in [-0.3, -0.25) is 9.88 Å². The SMILES string of the molecule is CN(C(=O)O)c1ncc(-c2ccncc2)s1. The highest BCUT2D eigenvalue weighted by Crippen LogP contribution is 2.29. The van der Waals surface area contributed by atoms with Gasteiger partial charge in [0.05, 0.1) is 4.88 Å². The van der Waals surface area contributed by atoms with E-state index >= 15 is 0 Å². The molecule has 16 heavy (non-hydrogen) atoms. The summed E-state index contributed by atoms with van der Waals surface area (Å²) in [6.45, 7) is 0. The second-order valence-electron chi connectivity index (χ2n) is 3.08. The molecule has 0 aromatic carbocycles. The zero-order valence-corrected chi connectivity index (χ0v) is 9.31. The van der Waals surface area contributed by atoms with Crippen LogP contribution in [0.5, 0.6) is 0 Å². The first kappa shape index (κ1) is 10.6. The summed E-state index contributed by atoms with van der Waals surface area (Å²) in [5.74, 6) is 0. The quantitative estimate of drug-likeness (QED) is 0.867. The highest BCUT2D eigenvalue weighted by Gasteiger charge is 2.13. The van der Waals surface area contributed by atoms with Gasteiger partial charge < -0.3 is 5.11 Å². The van der Waals surface area contributed by atoms with Crippen LogP contribution in [0.1, 0.15) is 0 Å². The van der Waals surface area contributed by atoms with Crippen molar-refractivity contribution in [3.8, 4) is 10.4 Å². The number of hydrogen-bond acceptors (Lipinski definition) is 4. The fraction of sp³-hybridized carbons (Fsp3) is 0.100. The van der Waals surface area contributed by atoms with Crippen molar-refractivity contribution in [3.63, 3.8) is 0 Å². The standard InChI is InChI=1S/C10H9N3O2S/c1-13(10(14)15)9-12-6-8(16-9)7-2-4-11-5-3-7/h2-6H,1H3,(H,14,15). The van der Waals surface area contributed by atoms with Gasteiger partial charge in [0.2, 0.25) is 0 Å². The highest BCUT2D eigenvalue weighted by atomic mass is 32.1. The van der Waals surface area contributed by atoms with Crippen LogP contribution in [0.15, 0.2) is 30.7 Å². The molecule has 0 aliphatic rings. The van der Waals surface area contributed by atoms with Crippen molar-refractivity contribution in [3.05, 3.63) is 30.7 Å². The van der Waals surface area contributed by atoms with Gasteiger partial charge in [-0.05, 0) is 17.7 Å². The van der Waals surface area contributed by atoms with Gasteiger partial charge in [-0.15, -0.1) is 0 Å². The minimum atomic E-state index is -1.02. The lowest BCUT2D eigenvalue weighted by atomic mass is 10.2. The first-order valence-corrected chi connectivity index (χ1v) is 5.33. The van der Waals surface area contributed by atoms with Crippen molar-refractivity contribution in [2.24, 2.45) is 0 Å². The molecule has 1 amide bonds. The van der Waals surface area contributed by atoms with E-state index in [1.165, 1.54) is 18.4 Å². The van der Waals surface area contributed by atoms with Gasteiger partial charge in [-0.1, -0.05) is 11.3 Å². The average molecular weight is 235 g/mol. The molecule has 0 fully saturated rings. The van der Waals surface area contributed by atoms with E-state index in [0.29, 0.717) is 5.13 Å². The minimum absolute atomic E-state index is 0.458. The molecule has 0 aliphatic heterocycles. The molecule has 0 saturated heterocycles. The second kappa shape index (κ2) is 4.28. The number of anilines is 1. The van der Waals surface area contributed by atoms with Crippen LogP contribution < -0.4 is 4.90 Å². The van der Waals surface area contributed by atoms with E-state index in [9.17, 15) is 4.79 Å². The van der Waals surface area contributed by atoms with Gasteiger partial charge in [-0.2, -0.15) is 0 Å². The molecular formula is C10H9N3O2S. The van der Waals surface area contributed by atoms with Crippen LogP contribution in [0.4, 0.5) is 9.93 Å². The van der Waals surface area contributed by atoms with E-state index in [2.05, 4.69) is 9.97 Å². The van der Waals surface area contributed by atoms with Gasteiger partial charge in [0.25, 0.3) is 0 Å². The topological polar surface area (TPSA) is 66.3 Å². The molecule has 82 valence electrons. The fourth-order valence-corrected chi connectivity index (χ4v) is 2.03. The van der Waals surface area contributed by atoms with Crippen molar-refractivity contribution in [2.45, 2.75) is 0 Å². The van der Waals surface area contributed by atoms with Gasteiger partial charge in [0.1, 0.15) is 0 Å². The first-order chi connectivity index (χ1) is 7.68. The summed E-state index contributed by atoms with van der Waals surface area (Å²) in [7, 11) is 1.47. The molecule has 0 radical (unpaired) electrons. The highest BCUT2D eigenvalue weighted by molar-refractivity contribution is 7.19. The molecule has 2 aromatic rings. The normalized spacial score (nSPS) is 10.1. The number of pyridine rings is 1. The van der Waals surface area contributed by atoms with Crippen molar-refractivity contribution >= 4 is 22.6 Å². The fourth-order valence-electron chi connectivity index (χ4n) is 1.15. The Kier molecular flexibility index (Phi) is 2.82. The van der Waals surface area contributed by atoms with E-state index in [-0.39, 0.29) is 0 Å². The number of amides is 1. The van der Waals surface area contributed by atoms with Crippen LogP contribution in [-0.2, 0) is 0 Å². The predicted molar refractivity (Wildman–Crippen MR) is 61.8 cm³/mol. The molecule has 6 heteroatoms. The molecule has 5 nitrogen and oxygen atoms in total. The van der Waals surface area contributed by atoms with Gasteiger partial charge >= 0.3 is 6.09 Å². The van der Waals surface area contributed by atoms with Crippen molar-refractivity contribution < 1.29 is 9.90 Å². The van der Waals surface area contributed by atoms with Crippen LogP contribution in [0.25, 0.3) is 10.4 Å². The molecule has 0 aliphatic carbocycles. The molecule has 2 rings (SSSR count). The third-order valence-corrected chi connectivity index (χ3v) is 3.16. The number of carbonyl (C=O) groups is 1. The van der Waals surface area contributed by atoms with E-state index in [0.717, 1.165) is 15.3 Å². The lowest BCUT2D eigenvalue weighted by Crippen LogP contribution is -2.23. The maximum atomic E-state index is 10.7. The molecular weight excluding hydrogens is 226 g/mol. The van der Waals surface area contributed by atoms with Crippen LogP contribution in [-0.4, -0.2) is 28.2 Å².